The molecule has 1 N–H and O–H groups in total. The van der Waals surface area contributed by atoms with Gasteiger partial charge in [0.1, 0.15) is 11.6 Å². The van der Waals surface area contributed by atoms with Gasteiger partial charge in [-0.2, -0.15) is 0 Å². The third kappa shape index (κ3) is 5.24. The summed E-state index contributed by atoms with van der Waals surface area (Å²) < 4.78 is 5.44. The molecule has 0 aliphatic carbocycles. The lowest BCUT2D eigenvalue weighted by Gasteiger charge is -2.38. The Hall–Kier alpha value is -2.04. The van der Waals surface area contributed by atoms with Crippen molar-refractivity contribution in [1.29, 1.82) is 0 Å². The van der Waals surface area contributed by atoms with Crippen molar-refractivity contribution in [2.45, 2.75) is 78.0 Å². The molecule has 2 rings (SSSR count). The molecule has 0 saturated carbocycles. The number of amides is 2. The standard InChI is InChI=1S/C22H34N2O3/c1-15-13-16(2)24(14-15)19(25)18(23-20(26)27-21(3,4)5)22(6,7)17-11-9-8-10-12-17/h8-12,15-16,18H,13-14H2,1-7H3,(H,23,26)/t15-,16?,18-/m1/s1. The monoisotopic (exact) mass is 374 g/mol. The van der Waals surface area contributed by atoms with E-state index in [9.17, 15) is 9.59 Å². The zero-order chi connectivity index (χ0) is 20.4. The molecule has 1 saturated heterocycles. The maximum atomic E-state index is 13.5. The molecule has 1 fully saturated rings. The van der Waals surface area contributed by atoms with E-state index in [1.54, 1.807) is 0 Å². The number of carbonyl (C=O) groups is 2. The molecule has 0 aromatic heterocycles. The van der Waals surface area contributed by atoms with Crippen LogP contribution in [0.15, 0.2) is 30.3 Å². The van der Waals surface area contributed by atoms with Crippen molar-refractivity contribution >= 4 is 12.0 Å². The number of likely N-dealkylation sites (tertiary alicyclic amines) is 1. The van der Waals surface area contributed by atoms with Crippen molar-refractivity contribution in [1.82, 2.24) is 10.2 Å². The predicted molar refractivity (Wildman–Crippen MR) is 108 cm³/mol. The minimum atomic E-state index is -0.706. The van der Waals surface area contributed by atoms with Gasteiger partial charge >= 0.3 is 6.09 Å². The van der Waals surface area contributed by atoms with E-state index in [0.717, 1.165) is 18.5 Å². The van der Waals surface area contributed by atoms with Crippen molar-refractivity contribution in [2.24, 2.45) is 5.92 Å². The number of hydrogen-bond donors (Lipinski definition) is 1. The van der Waals surface area contributed by atoms with E-state index in [0.29, 0.717) is 5.92 Å². The summed E-state index contributed by atoms with van der Waals surface area (Å²) in [5.74, 6) is 0.414. The number of hydrogen-bond acceptors (Lipinski definition) is 3. The minimum absolute atomic E-state index is 0.0495. The van der Waals surface area contributed by atoms with Gasteiger partial charge in [0.15, 0.2) is 0 Å². The number of alkyl carbamates (subject to hydrolysis) is 1. The second-order valence-electron chi connectivity index (χ2n) is 9.35. The van der Waals surface area contributed by atoms with Gasteiger partial charge in [-0.05, 0) is 45.6 Å². The lowest BCUT2D eigenvalue weighted by Crippen LogP contribution is -2.58. The Bertz CT molecular complexity index is 664. The Balaban J connectivity index is 2.33. The molecule has 27 heavy (non-hydrogen) atoms. The van der Waals surface area contributed by atoms with Gasteiger partial charge in [0.25, 0.3) is 0 Å². The van der Waals surface area contributed by atoms with Crippen LogP contribution in [0, 0.1) is 5.92 Å². The van der Waals surface area contributed by atoms with Gasteiger partial charge in [-0.15, -0.1) is 0 Å². The number of nitrogens with one attached hydrogen (secondary N) is 1. The van der Waals surface area contributed by atoms with E-state index in [2.05, 4.69) is 19.2 Å². The molecule has 5 heteroatoms. The maximum Gasteiger partial charge on any atom is 0.408 e. The number of ether oxygens (including phenoxy) is 1. The summed E-state index contributed by atoms with van der Waals surface area (Å²) in [4.78, 5) is 27.9. The van der Waals surface area contributed by atoms with Gasteiger partial charge < -0.3 is 15.0 Å². The molecule has 150 valence electrons. The van der Waals surface area contributed by atoms with Crippen molar-refractivity contribution in [2.75, 3.05) is 6.54 Å². The van der Waals surface area contributed by atoms with Gasteiger partial charge in [0.2, 0.25) is 5.91 Å². The fourth-order valence-corrected chi connectivity index (χ4v) is 3.78. The van der Waals surface area contributed by atoms with Crippen LogP contribution in [0.4, 0.5) is 4.79 Å². The Morgan fingerprint density at radius 1 is 1.11 bits per heavy atom. The molecule has 5 nitrogen and oxygen atoms in total. The lowest BCUT2D eigenvalue weighted by atomic mass is 9.77. The molecule has 0 radical (unpaired) electrons. The van der Waals surface area contributed by atoms with Crippen molar-refractivity contribution < 1.29 is 14.3 Å². The maximum absolute atomic E-state index is 13.5. The Kier molecular flexibility index (Phi) is 6.23. The SMILES string of the molecule is CC1C[C@@H](C)CN1C(=O)[C@@H](NC(=O)OC(C)(C)C)C(C)(C)c1ccccc1. The fourth-order valence-electron chi connectivity index (χ4n) is 3.78. The first-order chi connectivity index (χ1) is 12.4. The van der Waals surface area contributed by atoms with Crippen LogP contribution in [0.1, 0.15) is 60.5 Å². The molecule has 1 unspecified atom stereocenters. The minimum Gasteiger partial charge on any atom is -0.444 e. The Morgan fingerprint density at radius 2 is 1.70 bits per heavy atom. The second-order valence-corrected chi connectivity index (χ2v) is 9.35. The summed E-state index contributed by atoms with van der Waals surface area (Å²) >= 11 is 0. The number of carbonyl (C=O) groups excluding carboxylic acids is 2. The summed E-state index contributed by atoms with van der Waals surface area (Å²) in [6, 6.07) is 9.30. The van der Waals surface area contributed by atoms with E-state index >= 15 is 0 Å². The zero-order valence-corrected chi connectivity index (χ0v) is 17.7. The van der Waals surface area contributed by atoms with Crippen molar-refractivity contribution in [3.05, 3.63) is 35.9 Å². The highest BCUT2D eigenvalue weighted by atomic mass is 16.6. The summed E-state index contributed by atoms with van der Waals surface area (Å²) in [6.45, 7) is 14.4. The number of rotatable bonds is 4. The molecule has 0 bridgehead atoms. The van der Waals surface area contributed by atoms with Crippen molar-refractivity contribution in [3.63, 3.8) is 0 Å². The normalized spacial score (nSPS) is 21.7. The van der Waals surface area contributed by atoms with Crippen LogP contribution in [-0.4, -0.2) is 41.1 Å². The molecule has 1 aromatic carbocycles. The summed E-state index contributed by atoms with van der Waals surface area (Å²) in [7, 11) is 0. The van der Waals surface area contributed by atoms with E-state index in [1.165, 1.54) is 0 Å². The fraction of sp³-hybridized carbons (Fsp3) is 0.636. The van der Waals surface area contributed by atoms with Crippen molar-refractivity contribution in [3.8, 4) is 0 Å². The van der Waals surface area contributed by atoms with E-state index in [-0.39, 0.29) is 11.9 Å². The number of benzene rings is 1. The summed E-state index contributed by atoms with van der Waals surface area (Å²) in [5, 5.41) is 2.87. The molecular weight excluding hydrogens is 340 g/mol. The molecule has 1 aliphatic heterocycles. The lowest BCUT2D eigenvalue weighted by molar-refractivity contribution is -0.135. The molecule has 1 aliphatic rings. The highest BCUT2D eigenvalue weighted by molar-refractivity contribution is 5.88. The van der Waals surface area contributed by atoms with Crippen LogP contribution in [-0.2, 0) is 14.9 Å². The van der Waals surface area contributed by atoms with Crippen LogP contribution in [0.5, 0.6) is 0 Å². The summed E-state index contributed by atoms with van der Waals surface area (Å²) in [5.41, 5.74) is -0.204. The molecule has 1 heterocycles. The van der Waals surface area contributed by atoms with Gasteiger partial charge in [-0.25, -0.2) is 4.79 Å². The molecule has 1 aromatic rings. The largest absolute Gasteiger partial charge is 0.444 e. The first-order valence-electron chi connectivity index (χ1n) is 9.77. The van der Waals surface area contributed by atoms with Crippen LogP contribution in [0.2, 0.25) is 0 Å². The average Bonchev–Trinajstić information content (AvgIpc) is 2.89. The average molecular weight is 375 g/mol. The molecule has 0 spiro atoms. The highest BCUT2D eigenvalue weighted by Crippen LogP contribution is 2.31. The Labute approximate surface area is 163 Å². The van der Waals surface area contributed by atoms with Gasteiger partial charge in [0.05, 0.1) is 0 Å². The van der Waals surface area contributed by atoms with Crippen LogP contribution >= 0.6 is 0 Å². The van der Waals surface area contributed by atoms with Gasteiger partial charge in [-0.3, -0.25) is 4.79 Å². The van der Waals surface area contributed by atoms with Crippen LogP contribution in [0.25, 0.3) is 0 Å². The van der Waals surface area contributed by atoms with Gasteiger partial charge in [0, 0.05) is 18.0 Å². The highest BCUT2D eigenvalue weighted by Gasteiger charge is 2.43. The van der Waals surface area contributed by atoms with E-state index in [4.69, 9.17) is 4.74 Å². The van der Waals surface area contributed by atoms with E-state index < -0.39 is 23.2 Å². The zero-order valence-electron chi connectivity index (χ0n) is 17.7. The first kappa shape index (κ1) is 21.3. The smallest absolute Gasteiger partial charge is 0.408 e. The third-order valence-corrected chi connectivity index (χ3v) is 5.21. The number of nitrogens with zero attached hydrogens (tertiary/aromatic N) is 1. The molecule has 2 amide bonds. The predicted octanol–water partition coefficient (Wildman–Crippen LogP) is 4.11. The first-order valence-corrected chi connectivity index (χ1v) is 9.77. The van der Waals surface area contributed by atoms with Crippen LogP contribution in [0.3, 0.4) is 0 Å². The molecular formula is C22H34N2O3. The topological polar surface area (TPSA) is 58.6 Å². The molecule has 3 atom stereocenters. The van der Waals surface area contributed by atoms with E-state index in [1.807, 2.05) is 69.9 Å². The summed E-state index contributed by atoms with van der Waals surface area (Å²) in [6.07, 6.45) is 0.418. The van der Waals surface area contributed by atoms with Crippen LogP contribution < -0.4 is 5.32 Å². The quantitative estimate of drug-likeness (QED) is 0.863. The Morgan fingerprint density at radius 3 is 2.19 bits per heavy atom. The second kappa shape index (κ2) is 7.91. The third-order valence-electron chi connectivity index (χ3n) is 5.21. The van der Waals surface area contributed by atoms with Gasteiger partial charge in [-0.1, -0.05) is 51.1 Å².